The van der Waals surface area contributed by atoms with Gasteiger partial charge in [0, 0.05) is 23.7 Å². The van der Waals surface area contributed by atoms with Crippen molar-refractivity contribution in [2.45, 2.75) is 31.3 Å². The van der Waals surface area contributed by atoms with Crippen LogP contribution in [0.2, 0.25) is 0 Å². The van der Waals surface area contributed by atoms with Crippen LogP contribution in [0.15, 0.2) is 35.8 Å². The van der Waals surface area contributed by atoms with E-state index in [1.54, 1.807) is 6.20 Å². The lowest BCUT2D eigenvalue weighted by Gasteiger charge is -2.44. The zero-order valence-corrected chi connectivity index (χ0v) is 15.4. The van der Waals surface area contributed by atoms with E-state index in [0.29, 0.717) is 18.1 Å². The van der Waals surface area contributed by atoms with Gasteiger partial charge in [-0.3, -0.25) is 9.59 Å². The fourth-order valence-corrected chi connectivity index (χ4v) is 5.48. The second-order valence-corrected chi connectivity index (χ2v) is 8.57. The first-order chi connectivity index (χ1) is 12.2. The van der Waals surface area contributed by atoms with Gasteiger partial charge < -0.3 is 10.2 Å². The Morgan fingerprint density at radius 1 is 1.28 bits per heavy atom. The highest BCUT2D eigenvalue weighted by Crippen LogP contribution is 2.40. The van der Waals surface area contributed by atoms with Crippen LogP contribution in [0.5, 0.6) is 0 Å². The summed E-state index contributed by atoms with van der Waals surface area (Å²) in [7, 11) is 0. The summed E-state index contributed by atoms with van der Waals surface area (Å²) in [6.45, 7) is 0.601. The van der Waals surface area contributed by atoms with Gasteiger partial charge in [0.1, 0.15) is 0 Å². The number of anilines is 1. The summed E-state index contributed by atoms with van der Waals surface area (Å²) < 4.78 is 0. The first-order valence-electron chi connectivity index (χ1n) is 8.35. The molecule has 2 aromatic rings. The van der Waals surface area contributed by atoms with E-state index >= 15 is 0 Å². The molecule has 1 aromatic carbocycles. The monoisotopic (exact) mass is 373 g/mol. The molecule has 3 heterocycles. The Hall–Kier alpha value is -1.86. The van der Waals surface area contributed by atoms with E-state index in [0.717, 1.165) is 35.5 Å². The second-order valence-electron chi connectivity index (χ2n) is 6.45. The number of fused-ring (bicyclic) bond motifs is 1. The number of thiazole rings is 1. The number of amides is 2. The lowest BCUT2D eigenvalue weighted by Crippen LogP contribution is -2.53. The molecule has 25 heavy (non-hydrogen) atoms. The van der Waals surface area contributed by atoms with Crippen LogP contribution in [-0.4, -0.2) is 38.7 Å². The molecular weight excluding hydrogens is 354 g/mol. The molecule has 2 aliphatic heterocycles. The van der Waals surface area contributed by atoms with Crippen molar-refractivity contribution in [2.75, 3.05) is 16.8 Å². The summed E-state index contributed by atoms with van der Waals surface area (Å²) in [5.74, 6) is 1.95. The molecule has 2 amide bonds. The Morgan fingerprint density at radius 3 is 2.80 bits per heavy atom. The summed E-state index contributed by atoms with van der Waals surface area (Å²) in [4.78, 5) is 31.7. The molecule has 1 saturated heterocycles. The lowest BCUT2D eigenvalue weighted by atomic mass is 9.86. The molecule has 4 rings (SSSR count). The molecule has 0 unspecified atom stereocenters. The highest BCUT2D eigenvalue weighted by Gasteiger charge is 2.45. The molecule has 0 bridgehead atoms. The smallest absolute Gasteiger partial charge is 0.254 e. The summed E-state index contributed by atoms with van der Waals surface area (Å²) in [6, 6.07) is 7.76. The van der Waals surface area contributed by atoms with Crippen LogP contribution < -0.4 is 5.32 Å². The fourth-order valence-electron chi connectivity index (χ4n) is 3.68. The highest BCUT2D eigenvalue weighted by molar-refractivity contribution is 7.99. The van der Waals surface area contributed by atoms with Crippen molar-refractivity contribution >= 4 is 40.0 Å². The molecule has 7 heteroatoms. The average molecular weight is 374 g/mol. The molecule has 0 aliphatic carbocycles. The van der Waals surface area contributed by atoms with Crippen molar-refractivity contribution in [2.24, 2.45) is 0 Å². The molecule has 0 saturated carbocycles. The number of rotatable bonds is 4. The molecule has 1 N–H and O–H groups in total. The number of aromatic nitrogens is 1. The zero-order valence-electron chi connectivity index (χ0n) is 13.7. The van der Waals surface area contributed by atoms with Gasteiger partial charge in [-0.1, -0.05) is 18.2 Å². The Kier molecular flexibility index (Phi) is 4.52. The minimum Gasteiger partial charge on any atom is -0.328 e. The molecule has 1 fully saturated rings. The zero-order chi connectivity index (χ0) is 17.3. The van der Waals surface area contributed by atoms with Crippen molar-refractivity contribution in [1.29, 1.82) is 0 Å². The molecule has 2 aliphatic rings. The second kappa shape index (κ2) is 6.80. The van der Waals surface area contributed by atoms with E-state index in [2.05, 4.69) is 10.3 Å². The molecule has 5 nitrogen and oxygen atoms in total. The summed E-state index contributed by atoms with van der Waals surface area (Å²) in [5, 5.41) is 5.33. The SMILES string of the molecule is O=C(CC1(N2Cc3ccccc3C2=O)CCSCC1)Nc1nccs1. The maximum atomic E-state index is 13.0. The van der Waals surface area contributed by atoms with Crippen molar-refractivity contribution in [3.8, 4) is 0 Å². The van der Waals surface area contributed by atoms with Crippen LogP contribution in [0.4, 0.5) is 5.13 Å². The Bertz CT molecular complexity index is 785. The summed E-state index contributed by atoms with van der Waals surface area (Å²) in [5.41, 5.74) is 1.44. The summed E-state index contributed by atoms with van der Waals surface area (Å²) in [6.07, 6.45) is 3.70. The maximum Gasteiger partial charge on any atom is 0.254 e. The standard InChI is InChI=1S/C18H19N3O2S2/c22-15(20-17-19-7-10-25-17)11-18(5-8-24-9-6-18)21-12-13-3-1-2-4-14(13)16(21)23/h1-4,7,10H,5-6,8-9,11-12H2,(H,19,20,22). The van der Waals surface area contributed by atoms with Crippen LogP contribution >= 0.6 is 23.1 Å². The first-order valence-corrected chi connectivity index (χ1v) is 10.4. The van der Waals surface area contributed by atoms with E-state index in [1.165, 1.54) is 11.3 Å². The van der Waals surface area contributed by atoms with E-state index in [9.17, 15) is 9.59 Å². The summed E-state index contributed by atoms with van der Waals surface area (Å²) >= 11 is 3.30. The minimum absolute atomic E-state index is 0.0598. The van der Waals surface area contributed by atoms with Gasteiger partial charge in [0.25, 0.3) is 5.91 Å². The average Bonchev–Trinajstić information content (AvgIpc) is 3.24. The number of hydrogen-bond acceptors (Lipinski definition) is 5. The maximum absolute atomic E-state index is 13.0. The van der Waals surface area contributed by atoms with Crippen molar-refractivity contribution in [3.63, 3.8) is 0 Å². The molecule has 130 valence electrons. The van der Waals surface area contributed by atoms with E-state index < -0.39 is 5.54 Å². The van der Waals surface area contributed by atoms with Crippen LogP contribution in [0.25, 0.3) is 0 Å². The number of benzene rings is 1. The van der Waals surface area contributed by atoms with Gasteiger partial charge in [0.05, 0.1) is 12.0 Å². The number of carbonyl (C=O) groups excluding carboxylic acids is 2. The van der Waals surface area contributed by atoms with Crippen LogP contribution in [0.1, 0.15) is 35.2 Å². The molecule has 0 spiro atoms. The van der Waals surface area contributed by atoms with Gasteiger partial charge in [0.15, 0.2) is 5.13 Å². The number of hydrogen-bond donors (Lipinski definition) is 1. The quantitative estimate of drug-likeness (QED) is 0.892. The number of thioether (sulfide) groups is 1. The van der Waals surface area contributed by atoms with Gasteiger partial charge in [-0.25, -0.2) is 4.98 Å². The minimum atomic E-state index is -0.400. The Morgan fingerprint density at radius 2 is 2.08 bits per heavy atom. The number of nitrogens with one attached hydrogen (secondary N) is 1. The first kappa shape index (κ1) is 16.6. The van der Waals surface area contributed by atoms with Gasteiger partial charge in [-0.2, -0.15) is 11.8 Å². The third-order valence-corrected chi connectivity index (χ3v) is 6.66. The predicted molar refractivity (Wildman–Crippen MR) is 101 cm³/mol. The third-order valence-electron chi connectivity index (χ3n) is 4.99. The van der Waals surface area contributed by atoms with E-state index in [-0.39, 0.29) is 11.8 Å². The van der Waals surface area contributed by atoms with E-state index in [4.69, 9.17) is 0 Å². The van der Waals surface area contributed by atoms with Crippen molar-refractivity contribution < 1.29 is 9.59 Å². The van der Waals surface area contributed by atoms with Gasteiger partial charge in [-0.15, -0.1) is 11.3 Å². The van der Waals surface area contributed by atoms with Gasteiger partial charge in [0.2, 0.25) is 5.91 Å². The number of carbonyl (C=O) groups is 2. The van der Waals surface area contributed by atoms with Gasteiger partial charge in [-0.05, 0) is 36.0 Å². The topological polar surface area (TPSA) is 62.3 Å². The third kappa shape index (κ3) is 3.18. The molecule has 0 radical (unpaired) electrons. The van der Waals surface area contributed by atoms with Crippen LogP contribution in [0, 0.1) is 0 Å². The molecule has 1 aromatic heterocycles. The number of nitrogens with zero attached hydrogens (tertiary/aromatic N) is 2. The fraction of sp³-hybridized carbons (Fsp3) is 0.389. The lowest BCUT2D eigenvalue weighted by molar-refractivity contribution is -0.119. The van der Waals surface area contributed by atoms with Crippen LogP contribution in [-0.2, 0) is 11.3 Å². The largest absolute Gasteiger partial charge is 0.328 e. The Balaban J connectivity index is 1.58. The normalized spacial score (nSPS) is 18.9. The molecule has 0 atom stereocenters. The molecular formula is C18H19N3O2S2. The predicted octanol–water partition coefficient (Wildman–Crippen LogP) is 3.39. The van der Waals surface area contributed by atoms with Crippen molar-refractivity contribution in [3.05, 3.63) is 47.0 Å². The highest BCUT2D eigenvalue weighted by atomic mass is 32.2. The van der Waals surface area contributed by atoms with Crippen molar-refractivity contribution in [1.82, 2.24) is 9.88 Å². The van der Waals surface area contributed by atoms with Gasteiger partial charge >= 0.3 is 0 Å². The Labute approximate surface area is 154 Å². The van der Waals surface area contributed by atoms with Crippen LogP contribution in [0.3, 0.4) is 0 Å². The van der Waals surface area contributed by atoms with E-state index in [1.807, 2.05) is 46.3 Å².